The summed E-state index contributed by atoms with van der Waals surface area (Å²) in [6.45, 7) is 3.06. The first-order valence-corrected chi connectivity index (χ1v) is 7.82. The SMILES string of the molecule is CCN(Cc1ccccn1)C(=O)C1(C#N)CCCCCC1. The first-order valence-electron chi connectivity index (χ1n) is 7.82. The summed E-state index contributed by atoms with van der Waals surface area (Å²) in [5, 5.41) is 9.63. The molecule has 1 aliphatic rings. The van der Waals surface area contributed by atoms with E-state index < -0.39 is 5.41 Å². The van der Waals surface area contributed by atoms with Crippen molar-refractivity contribution in [1.29, 1.82) is 5.26 Å². The Bertz CT molecular complexity index is 499. The van der Waals surface area contributed by atoms with Crippen LogP contribution in [0.2, 0.25) is 0 Å². The molecule has 112 valence electrons. The lowest BCUT2D eigenvalue weighted by atomic mass is 9.80. The molecule has 0 aromatic carbocycles. The molecule has 1 saturated carbocycles. The first-order chi connectivity index (χ1) is 10.2. The predicted molar refractivity (Wildman–Crippen MR) is 81.1 cm³/mol. The minimum absolute atomic E-state index is 0.0138. The van der Waals surface area contributed by atoms with Crippen LogP contribution in [-0.4, -0.2) is 22.3 Å². The van der Waals surface area contributed by atoms with Gasteiger partial charge in [0.15, 0.2) is 0 Å². The second-order valence-corrected chi connectivity index (χ2v) is 5.75. The monoisotopic (exact) mass is 285 g/mol. The summed E-state index contributed by atoms with van der Waals surface area (Å²) in [6, 6.07) is 8.05. The highest BCUT2D eigenvalue weighted by molar-refractivity contribution is 5.85. The highest BCUT2D eigenvalue weighted by Gasteiger charge is 2.41. The van der Waals surface area contributed by atoms with Crippen LogP contribution in [-0.2, 0) is 11.3 Å². The maximum absolute atomic E-state index is 12.9. The van der Waals surface area contributed by atoms with Gasteiger partial charge < -0.3 is 4.90 Å². The smallest absolute Gasteiger partial charge is 0.243 e. The Balaban J connectivity index is 2.16. The van der Waals surface area contributed by atoms with Crippen molar-refractivity contribution in [1.82, 2.24) is 9.88 Å². The zero-order valence-electron chi connectivity index (χ0n) is 12.7. The molecule has 4 heteroatoms. The summed E-state index contributed by atoms with van der Waals surface area (Å²) in [6.07, 6.45) is 7.33. The van der Waals surface area contributed by atoms with Crippen LogP contribution in [0.5, 0.6) is 0 Å². The summed E-state index contributed by atoms with van der Waals surface area (Å²) in [5.74, 6) is -0.0138. The van der Waals surface area contributed by atoms with E-state index in [0.717, 1.165) is 31.4 Å². The van der Waals surface area contributed by atoms with Crippen LogP contribution in [0.15, 0.2) is 24.4 Å². The Morgan fingerprint density at radius 3 is 2.57 bits per heavy atom. The van der Waals surface area contributed by atoms with Gasteiger partial charge in [-0.2, -0.15) is 5.26 Å². The van der Waals surface area contributed by atoms with Crippen molar-refractivity contribution in [3.63, 3.8) is 0 Å². The quantitative estimate of drug-likeness (QED) is 0.798. The van der Waals surface area contributed by atoms with Crippen molar-refractivity contribution in [3.05, 3.63) is 30.1 Å². The summed E-state index contributed by atoms with van der Waals surface area (Å²) < 4.78 is 0. The summed E-state index contributed by atoms with van der Waals surface area (Å²) in [7, 11) is 0. The summed E-state index contributed by atoms with van der Waals surface area (Å²) in [5.41, 5.74) is 0.0517. The molecule has 0 aliphatic heterocycles. The van der Waals surface area contributed by atoms with Gasteiger partial charge in [0.05, 0.1) is 18.3 Å². The third-order valence-electron chi connectivity index (χ3n) is 4.33. The van der Waals surface area contributed by atoms with E-state index in [1.807, 2.05) is 25.1 Å². The van der Waals surface area contributed by atoms with E-state index in [1.54, 1.807) is 11.1 Å². The fourth-order valence-electron chi connectivity index (χ4n) is 3.02. The molecule has 2 rings (SSSR count). The van der Waals surface area contributed by atoms with Crippen molar-refractivity contribution in [2.24, 2.45) is 5.41 Å². The molecule has 1 aliphatic carbocycles. The Labute approximate surface area is 126 Å². The van der Waals surface area contributed by atoms with E-state index in [1.165, 1.54) is 0 Å². The van der Waals surface area contributed by atoms with Gasteiger partial charge in [0, 0.05) is 12.7 Å². The minimum atomic E-state index is -0.818. The van der Waals surface area contributed by atoms with E-state index in [0.29, 0.717) is 25.9 Å². The average molecular weight is 285 g/mol. The van der Waals surface area contributed by atoms with E-state index >= 15 is 0 Å². The van der Waals surface area contributed by atoms with Crippen molar-refractivity contribution in [2.75, 3.05) is 6.54 Å². The van der Waals surface area contributed by atoms with Crippen molar-refractivity contribution >= 4 is 5.91 Å². The normalized spacial score (nSPS) is 17.5. The van der Waals surface area contributed by atoms with E-state index in [2.05, 4.69) is 11.1 Å². The Morgan fingerprint density at radius 1 is 1.33 bits per heavy atom. The highest BCUT2D eigenvalue weighted by atomic mass is 16.2. The standard InChI is InChI=1S/C17H23N3O/c1-2-20(13-15-9-5-8-12-19-15)16(21)17(14-18)10-6-3-4-7-11-17/h5,8-9,12H,2-4,6-7,10-11,13H2,1H3. The Morgan fingerprint density at radius 2 is 2.05 bits per heavy atom. The maximum atomic E-state index is 12.9. The number of amides is 1. The number of carbonyl (C=O) groups is 1. The molecule has 1 amide bonds. The number of aromatic nitrogens is 1. The van der Waals surface area contributed by atoms with Crippen LogP contribution in [0, 0.1) is 16.7 Å². The zero-order valence-corrected chi connectivity index (χ0v) is 12.7. The first kappa shape index (κ1) is 15.5. The Hall–Kier alpha value is -1.89. The number of rotatable bonds is 4. The number of pyridine rings is 1. The third kappa shape index (κ3) is 3.60. The van der Waals surface area contributed by atoms with Crippen LogP contribution < -0.4 is 0 Å². The molecule has 0 radical (unpaired) electrons. The topological polar surface area (TPSA) is 57.0 Å². The zero-order chi connectivity index (χ0) is 15.1. The van der Waals surface area contributed by atoms with Gasteiger partial charge in [-0.05, 0) is 31.9 Å². The van der Waals surface area contributed by atoms with Crippen LogP contribution in [0.3, 0.4) is 0 Å². The molecule has 1 aromatic heterocycles. The molecule has 1 heterocycles. The van der Waals surface area contributed by atoms with Gasteiger partial charge in [-0.3, -0.25) is 9.78 Å². The molecule has 0 atom stereocenters. The highest BCUT2D eigenvalue weighted by Crippen LogP contribution is 2.36. The number of hydrogen-bond donors (Lipinski definition) is 0. The van der Waals surface area contributed by atoms with Gasteiger partial charge >= 0.3 is 0 Å². The molecule has 4 nitrogen and oxygen atoms in total. The molecule has 0 saturated heterocycles. The lowest BCUT2D eigenvalue weighted by Gasteiger charge is -2.31. The molecule has 0 spiro atoms. The number of nitriles is 1. The summed E-state index contributed by atoms with van der Waals surface area (Å²) in [4.78, 5) is 19.0. The van der Waals surface area contributed by atoms with E-state index in [4.69, 9.17) is 0 Å². The van der Waals surface area contributed by atoms with Gasteiger partial charge in [-0.15, -0.1) is 0 Å². The van der Waals surface area contributed by atoms with Crippen LogP contribution >= 0.6 is 0 Å². The molecule has 0 N–H and O–H groups in total. The fourth-order valence-corrected chi connectivity index (χ4v) is 3.02. The van der Waals surface area contributed by atoms with E-state index in [-0.39, 0.29) is 5.91 Å². The Kier molecular flexibility index (Phi) is 5.32. The van der Waals surface area contributed by atoms with Crippen molar-refractivity contribution < 1.29 is 4.79 Å². The van der Waals surface area contributed by atoms with Gasteiger partial charge in [-0.25, -0.2) is 0 Å². The second kappa shape index (κ2) is 7.21. The van der Waals surface area contributed by atoms with Gasteiger partial charge in [0.25, 0.3) is 0 Å². The van der Waals surface area contributed by atoms with Crippen LogP contribution in [0.4, 0.5) is 0 Å². The average Bonchev–Trinajstić information content (AvgIpc) is 2.79. The van der Waals surface area contributed by atoms with Crippen molar-refractivity contribution in [3.8, 4) is 6.07 Å². The van der Waals surface area contributed by atoms with Crippen LogP contribution in [0.25, 0.3) is 0 Å². The van der Waals surface area contributed by atoms with Gasteiger partial charge in [0.1, 0.15) is 5.41 Å². The maximum Gasteiger partial charge on any atom is 0.243 e. The second-order valence-electron chi connectivity index (χ2n) is 5.75. The molecular formula is C17H23N3O. The summed E-state index contributed by atoms with van der Waals surface area (Å²) >= 11 is 0. The van der Waals surface area contributed by atoms with Crippen LogP contribution in [0.1, 0.15) is 51.1 Å². The number of nitrogens with zero attached hydrogens (tertiary/aromatic N) is 3. The predicted octanol–water partition coefficient (Wildman–Crippen LogP) is 3.29. The largest absolute Gasteiger partial charge is 0.336 e. The number of hydrogen-bond acceptors (Lipinski definition) is 3. The molecule has 1 fully saturated rings. The van der Waals surface area contributed by atoms with Gasteiger partial charge in [-0.1, -0.05) is 31.7 Å². The molecule has 0 unspecified atom stereocenters. The molecular weight excluding hydrogens is 262 g/mol. The lowest BCUT2D eigenvalue weighted by molar-refractivity contribution is -0.140. The fraction of sp³-hybridized carbons (Fsp3) is 0.588. The molecule has 0 bridgehead atoms. The van der Waals surface area contributed by atoms with Gasteiger partial charge in [0.2, 0.25) is 5.91 Å². The third-order valence-corrected chi connectivity index (χ3v) is 4.33. The molecule has 1 aromatic rings. The number of carbonyl (C=O) groups excluding carboxylic acids is 1. The lowest BCUT2D eigenvalue weighted by Crippen LogP contribution is -2.43. The minimum Gasteiger partial charge on any atom is -0.336 e. The molecule has 21 heavy (non-hydrogen) atoms. The van der Waals surface area contributed by atoms with Crippen molar-refractivity contribution in [2.45, 2.75) is 52.0 Å². The van der Waals surface area contributed by atoms with E-state index in [9.17, 15) is 10.1 Å².